The van der Waals surface area contributed by atoms with E-state index < -0.39 is 10.0 Å². The van der Waals surface area contributed by atoms with E-state index in [1.54, 1.807) is 0 Å². The van der Waals surface area contributed by atoms with Crippen LogP contribution in [0, 0.1) is 0 Å². The Balaban J connectivity index is 1.86. The number of rotatable bonds is 9. The van der Waals surface area contributed by atoms with Gasteiger partial charge in [0.1, 0.15) is 0 Å². The molecule has 0 heterocycles. The Kier molecular flexibility index (Phi) is 5.93. The van der Waals surface area contributed by atoms with Crippen molar-refractivity contribution in [2.24, 2.45) is 0 Å². The number of nitrogens with one attached hydrogen (secondary N) is 3. The van der Waals surface area contributed by atoms with Crippen LogP contribution in [0.2, 0.25) is 0 Å². The summed E-state index contributed by atoms with van der Waals surface area (Å²) in [5.74, 6) is -0.197. The minimum atomic E-state index is -3.46. The number of carbonyl (C=O) groups excluding carboxylic acids is 1. The van der Waals surface area contributed by atoms with Crippen molar-refractivity contribution in [3.05, 3.63) is 29.8 Å². The first-order chi connectivity index (χ1) is 10.5. The van der Waals surface area contributed by atoms with E-state index in [2.05, 4.69) is 22.3 Å². The lowest BCUT2D eigenvalue weighted by molar-refractivity contribution is 0.0954. The Labute approximate surface area is 131 Å². The van der Waals surface area contributed by atoms with Gasteiger partial charge in [-0.2, -0.15) is 0 Å². The van der Waals surface area contributed by atoms with Crippen LogP contribution in [0.15, 0.2) is 29.2 Å². The predicted molar refractivity (Wildman–Crippen MR) is 85.3 cm³/mol. The van der Waals surface area contributed by atoms with Crippen LogP contribution < -0.4 is 15.4 Å². The summed E-state index contributed by atoms with van der Waals surface area (Å²) in [6, 6.07) is 6.08. The number of sulfonamides is 1. The van der Waals surface area contributed by atoms with Crippen molar-refractivity contribution in [3.63, 3.8) is 0 Å². The number of hydrogen-bond acceptors (Lipinski definition) is 4. The quantitative estimate of drug-likeness (QED) is 0.588. The monoisotopic (exact) mass is 325 g/mol. The first-order valence-electron chi connectivity index (χ1n) is 7.64. The molecule has 1 fully saturated rings. The third kappa shape index (κ3) is 5.08. The van der Waals surface area contributed by atoms with E-state index in [9.17, 15) is 13.2 Å². The summed E-state index contributed by atoms with van der Waals surface area (Å²) in [6.07, 6.45) is 2.84. The Bertz CT molecular complexity index is 595. The van der Waals surface area contributed by atoms with Gasteiger partial charge in [0.05, 0.1) is 4.90 Å². The lowest BCUT2D eigenvalue weighted by atomic mass is 10.2. The number of benzene rings is 1. The molecule has 122 valence electrons. The first kappa shape index (κ1) is 16.9. The second-order valence-electron chi connectivity index (χ2n) is 5.43. The average Bonchev–Trinajstić information content (AvgIpc) is 3.30. The van der Waals surface area contributed by atoms with Gasteiger partial charge in [-0.3, -0.25) is 4.79 Å². The van der Waals surface area contributed by atoms with Gasteiger partial charge in [-0.25, -0.2) is 13.1 Å². The number of hydrogen-bond donors (Lipinski definition) is 3. The van der Waals surface area contributed by atoms with E-state index in [1.807, 2.05) is 0 Å². The van der Waals surface area contributed by atoms with E-state index in [4.69, 9.17) is 0 Å². The molecule has 22 heavy (non-hydrogen) atoms. The molecule has 0 bridgehead atoms. The SMILES string of the molecule is CCCNCCNC(=O)c1ccc(S(=O)(=O)NC2CC2)cc1. The summed E-state index contributed by atoms with van der Waals surface area (Å²) in [7, 11) is -3.46. The third-order valence-electron chi connectivity index (χ3n) is 3.34. The molecule has 0 saturated heterocycles. The van der Waals surface area contributed by atoms with Crippen molar-refractivity contribution in [1.29, 1.82) is 0 Å². The zero-order valence-corrected chi connectivity index (χ0v) is 13.6. The maximum Gasteiger partial charge on any atom is 0.251 e. The largest absolute Gasteiger partial charge is 0.351 e. The maximum atomic E-state index is 12.0. The van der Waals surface area contributed by atoms with Crippen LogP contribution in [0.4, 0.5) is 0 Å². The minimum absolute atomic E-state index is 0.0728. The fraction of sp³-hybridized carbons (Fsp3) is 0.533. The molecule has 1 aromatic rings. The van der Waals surface area contributed by atoms with Gasteiger partial charge in [0.2, 0.25) is 10.0 Å². The van der Waals surface area contributed by atoms with Crippen LogP contribution in [-0.2, 0) is 10.0 Å². The molecule has 3 N–H and O–H groups in total. The van der Waals surface area contributed by atoms with Gasteiger partial charge in [-0.15, -0.1) is 0 Å². The van der Waals surface area contributed by atoms with Crippen molar-refractivity contribution in [2.75, 3.05) is 19.6 Å². The van der Waals surface area contributed by atoms with Crippen LogP contribution >= 0.6 is 0 Å². The maximum absolute atomic E-state index is 12.0. The van der Waals surface area contributed by atoms with Gasteiger partial charge in [0, 0.05) is 24.7 Å². The standard InChI is InChI=1S/C15H23N3O3S/c1-2-9-16-10-11-17-15(19)12-3-7-14(8-4-12)22(20,21)18-13-5-6-13/h3-4,7-8,13,16,18H,2,5-6,9-11H2,1H3,(H,17,19). The number of amides is 1. The molecule has 2 rings (SSSR count). The van der Waals surface area contributed by atoms with Gasteiger partial charge in [-0.05, 0) is 50.1 Å². The highest BCUT2D eigenvalue weighted by molar-refractivity contribution is 7.89. The summed E-state index contributed by atoms with van der Waals surface area (Å²) < 4.78 is 26.6. The fourth-order valence-corrected chi connectivity index (χ4v) is 3.25. The molecule has 1 amide bonds. The van der Waals surface area contributed by atoms with Gasteiger partial charge in [0.15, 0.2) is 0 Å². The molecule has 0 aromatic heterocycles. The molecule has 0 atom stereocenters. The first-order valence-corrected chi connectivity index (χ1v) is 9.12. The molecule has 7 heteroatoms. The highest BCUT2D eigenvalue weighted by Crippen LogP contribution is 2.22. The molecular weight excluding hydrogens is 302 g/mol. The minimum Gasteiger partial charge on any atom is -0.351 e. The van der Waals surface area contributed by atoms with Crippen LogP contribution in [-0.4, -0.2) is 40.0 Å². The van der Waals surface area contributed by atoms with Crippen molar-refractivity contribution in [2.45, 2.75) is 37.1 Å². The average molecular weight is 325 g/mol. The lowest BCUT2D eigenvalue weighted by Gasteiger charge is -2.08. The van der Waals surface area contributed by atoms with Crippen molar-refractivity contribution in [1.82, 2.24) is 15.4 Å². The Morgan fingerprint density at radius 3 is 2.41 bits per heavy atom. The fourth-order valence-electron chi connectivity index (χ4n) is 1.94. The predicted octanol–water partition coefficient (Wildman–Crippen LogP) is 0.857. The third-order valence-corrected chi connectivity index (χ3v) is 4.88. The van der Waals surface area contributed by atoms with Gasteiger partial charge < -0.3 is 10.6 Å². The summed E-state index contributed by atoms with van der Waals surface area (Å²) in [4.78, 5) is 12.1. The van der Waals surface area contributed by atoms with E-state index >= 15 is 0 Å². The molecule has 0 radical (unpaired) electrons. The lowest BCUT2D eigenvalue weighted by Crippen LogP contribution is -2.32. The molecule has 1 aliphatic carbocycles. The van der Waals surface area contributed by atoms with Crippen LogP contribution in [0.1, 0.15) is 36.5 Å². The Morgan fingerprint density at radius 2 is 1.82 bits per heavy atom. The molecule has 1 aromatic carbocycles. The van der Waals surface area contributed by atoms with Gasteiger partial charge >= 0.3 is 0 Å². The second-order valence-corrected chi connectivity index (χ2v) is 7.14. The second kappa shape index (κ2) is 7.71. The van der Waals surface area contributed by atoms with Gasteiger partial charge in [-0.1, -0.05) is 6.92 Å². The molecule has 0 spiro atoms. The topological polar surface area (TPSA) is 87.3 Å². The molecule has 1 aliphatic rings. The molecule has 6 nitrogen and oxygen atoms in total. The smallest absolute Gasteiger partial charge is 0.251 e. The molecular formula is C15H23N3O3S. The number of carbonyl (C=O) groups is 1. The van der Waals surface area contributed by atoms with E-state index in [0.717, 1.165) is 32.4 Å². The zero-order chi connectivity index (χ0) is 16.0. The summed E-state index contributed by atoms with van der Waals surface area (Å²) in [5, 5.41) is 5.98. The van der Waals surface area contributed by atoms with E-state index in [0.29, 0.717) is 12.1 Å². The van der Waals surface area contributed by atoms with Crippen molar-refractivity contribution in [3.8, 4) is 0 Å². The Hall–Kier alpha value is -1.44. The van der Waals surface area contributed by atoms with Gasteiger partial charge in [0.25, 0.3) is 5.91 Å². The molecule has 0 aliphatic heterocycles. The van der Waals surface area contributed by atoms with Crippen molar-refractivity contribution >= 4 is 15.9 Å². The van der Waals surface area contributed by atoms with Crippen LogP contribution in [0.3, 0.4) is 0 Å². The van der Waals surface area contributed by atoms with E-state index in [-0.39, 0.29) is 16.8 Å². The van der Waals surface area contributed by atoms with E-state index in [1.165, 1.54) is 24.3 Å². The summed E-state index contributed by atoms with van der Waals surface area (Å²) in [5.41, 5.74) is 0.459. The molecule has 1 saturated carbocycles. The Morgan fingerprint density at radius 1 is 1.14 bits per heavy atom. The van der Waals surface area contributed by atoms with Crippen molar-refractivity contribution < 1.29 is 13.2 Å². The molecule has 0 unspecified atom stereocenters. The van der Waals surface area contributed by atoms with Crippen LogP contribution in [0.25, 0.3) is 0 Å². The highest BCUT2D eigenvalue weighted by atomic mass is 32.2. The zero-order valence-electron chi connectivity index (χ0n) is 12.8. The van der Waals surface area contributed by atoms with Crippen LogP contribution in [0.5, 0.6) is 0 Å². The normalized spacial score (nSPS) is 14.8. The highest BCUT2D eigenvalue weighted by Gasteiger charge is 2.27. The summed E-state index contributed by atoms with van der Waals surface area (Å²) >= 11 is 0. The summed E-state index contributed by atoms with van der Waals surface area (Å²) in [6.45, 7) is 4.27.